The summed E-state index contributed by atoms with van der Waals surface area (Å²) in [5.41, 5.74) is 4.51. The number of hydrogen-bond donors (Lipinski definition) is 1. The van der Waals surface area contributed by atoms with Crippen LogP contribution in [0, 0.1) is 5.82 Å². The smallest absolute Gasteiger partial charge is 0.165 e. The summed E-state index contributed by atoms with van der Waals surface area (Å²) >= 11 is 0. The first-order valence-corrected chi connectivity index (χ1v) is 13.0. The number of benzene rings is 4. The predicted molar refractivity (Wildman–Crippen MR) is 151 cm³/mol. The lowest BCUT2D eigenvalue weighted by molar-refractivity contribution is 0.223. The summed E-state index contributed by atoms with van der Waals surface area (Å²) in [5.74, 6) is 1.00. The van der Waals surface area contributed by atoms with Gasteiger partial charge in [-0.25, -0.2) is 4.39 Å². The molecule has 0 aliphatic carbocycles. The van der Waals surface area contributed by atoms with E-state index in [9.17, 15) is 4.39 Å². The molecule has 5 aromatic rings. The number of aromatic nitrogens is 1. The van der Waals surface area contributed by atoms with Crippen LogP contribution in [0.5, 0.6) is 11.5 Å². The molecule has 0 spiro atoms. The monoisotopic (exact) mass is 508 g/mol. The Kier molecular flexibility index (Phi) is 8.36. The fourth-order valence-corrected chi connectivity index (χ4v) is 4.99. The van der Waals surface area contributed by atoms with Crippen molar-refractivity contribution in [1.29, 1.82) is 0 Å². The molecule has 0 radical (unpaired) electrons. The van der Waals surface area contributed by atoms with Crippen molar-refractivity contribution >= 4 is 10.9 Å². The largest absolute Gasteiger partial charge is 0.494 e. The van der Waals surface area contributed by atoms with Crippen LogP contribution >= 0.6 is 0 Å². The third-order valence-corrected chi connectivity index (χ3v) is 6.90. The minimum atomic E-state index is -0.337. The second kappa shape index (κ2) is 12.4. The number of ether oxygens (including phenoxy) is 2. The number of rotatable bonds is 12. The number of fused-ring (bicyclic) bond motifs is 1. The van der Waals surface area contributed by atoms with E-state index in [0.29, 0.717) is 13.2 Å². The molecular weight excluding hydrogens is 475 g/mol. The van der Waals surface area contributed by atoms with Gasteiger partial charge in [0.15, 0.2) is 11.6 Å². The zero-order chi connectivity index (χ0) is 26.2. The Balaban J connectivity index is 1.34. The second-order valence-electron chi connectivity index (χ2n) is 9.48. The van der Waals surface area contributed by atoms with Gasteiger partial charge in [0.05, 0.1) is 13.7 Å². The molecule has 194 valence electrons. The number of methoxy groups -OCH3 is 1. The van der Waals surface area contributed by atoms with E-state index in [1.807, 2.05) is 48.7 Å². The third-order valence-electron chi connectivity index (χ3n) is 6.90. The topological polar surface area (TPSA) is 37.5 Å². The van der Waals surface area contributed by atoms with Gasteiger partial charge in [0.1, 0.15) is 5.75 Å². The fourth-order valence-electron chi connectivity index (χ4n) is 4.99. The molecule has 0 amide bonds. The van der Waals surface area contributed by atoms with E-state index in [0.717, 1.165) is 41.7 Å². The number of hydrogen-bond acceptors (Lipinski definition) is 3. The quantitative estimate of drug-likeness (QED) is 0.178. The van der Waals surface area contributed by atoms with Crippen molar-refractivity contribution in [2.75, 3.05) is 26.8 Å². The van der Waals surface area contributed by atoms with E-state index in [4.69, 9.17) is 9.47 Å². The van der Waals surface area contributed by atoms with Crippen LogP contribution in [-0.2, 0) is 6.54 Å². The molecule has 0 aliphatic rings. The van der Waals surface area contributed by atoms with Crippen LogP contribution in [0.15, 0.2) is 109 Å². The van der Waals surface area contributed by atoms with Gasteiger partial charge in [-0.1, -0.05) is 72.8 Å². The van der Waals surface area contributed by atoms with Crippen molar-refractivity contribution in [2.45, 2.75) is 18.9 Å². The summed E-state index contributed by atoms with van der Waals surface area (Å²) in [5, 5.41) is 1.09. The minimum Gasteiger partial charge on any atom is -0.494 e. The predicted octanol–water partition coefficient (Wildman–Crippen LogP) is 7.42. The number of aromatic amines is 1. The third kappa shape index (κ3) is 6.24. The second-order valence-corrected chi connectivity index (χ2v) is 9.48. The highest BCUT2D eigenvalue weighted by molar-refractivity contribution is 5.85. The Morgan fingerprint density at radius 3 is 2.24 bits per heavy atom. The van der Waals surface area contributed by atoms with Gasteiger partial charge in [-0.3, -0.25) is 4.90 Å². The van der Waals surface area contributed by atoms with Gasteiger partial charge in [0.2, 0.25) is 0 Å². The molecule has 0 saturated carbocycles. The molecule has 38 heavy (non-hydrogen) atoms. The number of H-pyrrole nitrogens is 1. The van der Waals surface area contributed by atoms with Gasteiger partial charge < -0.3 is 14.5 Å². The van der Waals surface area contributed by atoms with Crippen LogP contribution in [0.4, 0.5) is 4.39 Å². The summed E-state index contributed by atoms with van der Waals surface area (Å²) in [6.07, 6.45) is 2.77. The van der Waals surface area contributed by atoms with Crippen LogP contribution in [-0.4, -0.2) is 36.7 Å². The SMILES string of the molecule is COc1ccc(CN(CCCOc2cccc3[nH]ccc23)CC(c2ccccc2)c2ccccc2)cc1F. The summed E-state index contributed by atoms with van der Waals surface area (Å²) in [7, 11) is 1.49. The average molecular weight is 509 g/mol. The van der Waals surface area contributed by atoms with Crippen LogP contribution in [0.25, 0.3) is 10.9 Å². The molecule has 0 saturated heterocycles. The highest BCUT2D eigenvalue weighted by atomic mass is 19.1. The first-order chi connectivity index (χ1) is 18.7. The fraction of sp³-hybridized carbons (Fsp3) is 0.212. The first kappa shape index (κ1) is 25.6. The van der Waals surface area contributed by atoms with Gasteiger partial charge in [-0.15, -0.1) is 0 Å². The lowest BCUT2D eigenvalue weighted by atomic mass is 9.90. The summed E-state index contributed by atoms with van der Waals surface area (Å²) in [6, 6.07) is 34.5. The van der Waals surface area contributed by atoms with Gasteiger partial charge in [-0.05, 0) is 53.4 Å². The number of halogens is 1. The van der Waals surface area contributed by atoms with E-state index in [1.54, 1.807) is 12.1 Å². The van der Waals surface area contributed by atoms with E-state index in [2.05, 4.69) is 58.4 Å². The highest BCUT2D eigenvalue weighted by Gasteiger charge is 2.19. The zero-order valence-corrected chi connectivity index (χ0v) is 21.6. The highest BCUT2D eigenvalue weighted by Crippen LogP contribution is 2.28. The van der Waals surface area contributed by atoms with Crippen LogP contribution in [0.3, 0.4) is 0 Å². The Morgan fingerprint density at radius 1 is 0.816 bits per heavy atom. The van der Waals surface area contributed by atoms with Crippen molar-refractivity contribution < 1.29 is 13.9 Å². The van der Waals surface area contributed by atoms with E-state index < -0.39 is 0 Å². The average Bonchev–Trinajstić information content (AvgIpc) is 3.45. The summed E-state index contributed by atoms with van der Waals surface area (Å²) in [6.45, 7) is 2.84. The van der Waals surface area contributed by atoms with E-state index >= 15 is 0 Å². The standard InChI is InChI=1S/C33H33FN2O2/c1-37-33-17-16-25(22-30(33)34)23-36(20-9-21-38-32-15-8-14-31-28(32)18-19-35-31)24-29(26-10-4-2-5-11-26)27-12-6-3-7-13-27/h2-8,10-19,22,29,35H,9,20-21,23-24H2,1H3. The molecular formula is C33H33FN2O2. The number of nitrogens with zero attached hydrogens (tertiary/aromatic N) is 1. The molecule has 0 aliphatic heterocycles. The van der Waals surface area contributed by atoms with Gasteiger partial charge in [-0.2, -0.15) is 0 Å². The molecule has 0 bridgehead atoms. The molecule has 5 rings (SSSR count). The zero-order valence-electron chi connectivity index (χ0n) is 21.6. The molecule has 0 unspecified atom stereocenters. The summed E-state index contributed by atoms with van der Waals surface area (Å²) in [4.78, 5) is 5.63. The van der Waals surface area contributed by atoms with Crippen molar-refractivity contribution in [1.82, 2.24) is 9.88 Å². The Bertz CT molecular complexity index is 1400. The first-order valence-electron chi connectivity index (χ1n) is 13.0. The van der Waals surface area contributed by atoms with Crippen LogP contribution < -0.4 is 9.47 Å². The molecule has 0 atom stereocenters. The maximum absolute atomic E-state index is 14.5. The lowest BCUT2D eigenvalue weighted by Gasteiger charge is -2.28. The van der Waals surface area contributed by atoms with Gasteiger partial charge >= 0.3 is 0 Å². The maximum Gasteiger partial charge on any atom is 0.165 e. The molecule has 4 nitrogen and oxygen atoms in total. The van der Waals surface area contributed by atoms with E-state index in [-0.39, 0.29) is 17.5 Å². The molecule has 5 heteroatoms. The van der Waals surface area contributed by atoms with Gasteiger partial charge in [0, 0.05) is 42.7 Å². The normalized spacial score (nSPS) is 11.4. The molecule has 0 fully saturated rings. The molecule has 1 aromatic heterocycles. The van der Waals surface area contributed by atoms with Gasteiger partial charge in [0.25, 0.3) is 0 Å². The molecule has 1 heterocycles. The van der Waals surface area contributed by atoms with Crippen LogP contribution in [0.1, 0.15) is 29.0 Å². The molecule has 4 aromatic carbocycles. The summed E-state index contributed by atoms with van der Waals surface area (Å²) < 4.78 is 25.8. The minimum absolute atomic E-state index is 0.190. The Morgan fingerprint density at radius 2 is 1.55 bits per heavy atom. The van der Waals surface area contributed by atoms with E-state index in [1.165, 1.54) is 18.2 Å². The van der Waals surface area contributed by atoms with Crippen LogP contribution in [0.2, 0.25) is 0 Å². The van der Waals surface area contributed by atoms with Crippen molar-refractivity contribution in [3.05, 3.63) is 132 Å². The lowest BCUT2D eigenvalue weighted by Crippen LogP contribution is -2.30. The van der Waals surface area contributed by atoms with Crippen molar-refractivity contribution in [2.24, 2.45) is 0 Å². The molecule has 1 N–H and O–H groups in total. The Labute approximate surface area is 223 Å². The maximum atomic E-state index is 14.5. The Hall–Kier alpha value is -4.09. The van der Waals surface area contributed by atoms with Crippen molar-refractivity contribution in [3.63, 3.8) is 0 Å². The number of nitrogens with one attached hydrogen (secondary N) is 1. The van der Waals surface area contributed by atoms with Crippen molar-refractivity contribution in [3.8, 4) is 11.5 Å².